The first kappa shape index (κ1) is 14.5. The van der Waals surface area contributed by atoms with Crippen LogP contribution in [0.25, 0.3) is 0 Å². The molecule has 0 bridgehead atoms. The van der Waals surface area contributed by atoms with Gasteiger partial charge < -0.3 is 18.9 Å². The van der Waals surface area contributed by atoms with Crippen LogP contribution < -0.4 is 9.47 Å². The normalized spacial score (nSPS) is 11.2. The molecular weight excluding hydrogens is 234 g/mol. The molecule has 0 aromatic heterocycles. The van der Waals surface area contributed by atoms with Gasteiger partial charge in [-0.25, -0.2) is 0 Å². The van der Waals surface area contributed by atoms with Crippen molar-refractivity contribution >= 4 is 6.21 Å². The van der Waals surface area contributed by atoms with Crippen LogP contribution in [0.15, 0.2) is 23.2 Å². The smallest absolute Gasteiger partial charge is 0.176 e. The Morgan fingerprint density at radius 2 is 1.72 bits per heavy atom. The maximum atomic E-state index is 5.21. The quantitative estimate of drug-likeness (QED) is 0.548. The Bertz CT molecular complexity index is 389. The molecule has 1 rings (SSSR count). The van der Waals surface area contributed by atoms with Crippen molar-refractivity contribution in [3.63, 3.8) is 0 Å². The van der Waals surface area contributed by atoms with Gasteiger partial charge in [-0.05, 0) is 23.8 Å². The highest BCUT2D eigenvalue weighted by molar-refractivity contribution is 5.80. The molecule has 0 atom stereocenters. The van der Waals surface area contributed by atoms with Gasteiger partial charge >= 0.3 is 0 Å². The van der Waals surface area contributed by atoms with Crippen LogP contribution in [0, 0.1) is 0 Å². The summed E-state index contributed by atoms with van der Waals surface area (Å²) in [7, 11) is 6.37. The van der Waals surface area contributed by atoms with E-state index in [9.17, 15) is 0 Å². The SMILES string of the molecule is COc1ccc(/C=N\CC(OC)OC)cc1OC. The van der Waals surface area contributed by atoms with Crippen molar-refractivity contribution in [1.82, 2.24) is 0 Å². The third-order valence-corrected chi connectivity index (χ3v) is 2.43. The number of hydrogen-bond acceptors (Lipinski definition) is 5. The van der Waals surface area contributed by atoms with Crippen LogP contribution in [0.4, 0.5) is 0 Å². The van der Waals surface area contributed by atoms with Gasteiger partial charge in [-0.1, -0.05) is 0 Å². The maximum absolute atomic E-state index is 5.21. The summed E-state index contributed by atoms with van der Waals surface area (Å²) < 4.78 is 20.4. The van der Waals surface area contributed by atoms with E-state index in [1.807, 2.05) is 18.2 Å². The number of hydrogen-bond donors (Lipinski definition) is 0. The van der Waals surface area contributed by atoms with Crippen LogP contribution in [-0.2, 0) is 9.47 Å². The molecule has 5 heteroatoms. The van der Waals surface area contributed by atoms with Gasteiger partial charge in [0.15, 0.2) is 17.8 Å². The van der Waals surface area contributed by atoms with E-state index in [2.05, 4.69) is 4.99 Å². The van der Waals surface area contributed by atoms with Crippen molar-refractivity contribution in [2.24, 2.45) is 4.99 Å². The molecule has 0 saturated carbocycles. The molecule has 0 amide bonds. The molecule has 0 aliphatic carbocycles. The molecule has 0 N–H and O–H groups in total. The first-order valence-corrected chi connectivity index (χ1v) is 5.52. The minimum absolute atomic E-state index is 0.318. The lowest BCUT2D eigenvalue weighted by Gasteiger charge is -2.10. The Morgan fingerprint density at radius 1 is 1.06 bits per heavy atom. The zero-order chi connectivity index (χ0) is 13.4. The predicted octanol–water partition coefficient (Wildman–Crippen LogP) is 1.74. The molecular formula is C13H19NO4. The fourth-order valence-electron chi connectivity index (χ4n) is 1.42. The second-order valence-electron chi connectivity index (χ2n) is 3.51. The third-order valence-electron chi connectivity index (χ3n) is 2.43. The van der Waals surface area contributed by atoms with Crippen molar-refractivity contribution in [2.45, 2.75) is 6.29 Å². The molecule has 1 aromatic rings. The number of rotatable bonds is 7. The number of benzene rings is 1. The Morgan fingerprint density at radius 3 is 2.28 bits per heavy atom. The van der Waals surface area contributed by atoms with Gasteiger partial charge in [0, 0.05) is 20.4 Å². The highest BCUT2D eigenvalue weighted by atomic mass is 16.7. The molecule has 5 nitrogen and oxygen atoms in total. The Balaban J connectivity index is 2.70. The van der Waals surface area contributed by atoms with Crippen LogP contribution >= 0.6 is 0 Å². The molecule has 100 valence electrons. The maximum Gasteiger partial charge on any atom is 0.176 e. The van der Waals surface area contributed by atoms with E-state index < -0.39 is 0 Å². The highest BCUT2D eigenvalue weighted by Crippen LogP contribution is 2.26. The number of aliphatic imine (C=N–C) groups is 1. The minimum atomic E-state index is -0.318. The lowest BCUT2D eigenvalue weighted by atomic mass is 10.2. The summed E-state index contributed by atoms with van der Waals surface area (Å²) in [6.45, 7) is 0.446. The van der Waals surface area contributed by atoms with Crippen LogP contribution in [0.2, 0.25) is 0 Å². The van der Waals surface area contributed by atoms with Gasteiger partial charge in [0.2, 0.25) is 0 Å². The van der Waals surface area contributed by atoms with Crippen LogP contribution in [0.3, 0.4) is 0 Å². The van der Waals surface area contributed by atoms with E-state index >= 15 is 0 Å². The van der Waals surface area contributed by atoms with Crippen molar-refractivity contribution < 1.29 is 18.9 Å². The lowest BCUT2D eigenvalue weighted by molar-refractivity contribution is -0.0936. The monoisotopic (exact) mass is 253 g/mol. The van der Waals surface area contributed by atoms with E-state index in [0.29, 0.717) is 18.0 Å². The average Bonchev–Trinajstić information content (AvgIpc) is 2.43. The molecule has 0 aliphatic rings. The summed E-state index contributed by atoms with van der Waals surface area (Å²) in [6, 6.07) is 5.60. The third kappa shape index (κ3) is 4.01. The molecule has 0 heterocycles. The Kier molecular flexibility index (Phi) is 6.18. The molecule has 0 saturated heterocycles. The topological polar surface area (TPSA) is 49.3 Å². The van der Waals surface area contributed by atoms with Gasteiger partial charge in [0.05, 0.1) is 20.8 Å². The summed E-state index contributed by atoms with van der Waals surface area (Å²) in [4.78, 5) is 4.24. The van der Waals surface area contributed by atoms with Gasteiger partial charge in [-0.15, -0.1) is 0 Å². The second kappa shape index (κ2) is 7.68. The minimum Gasteiger partial charge on any atom is -0.493 e. The van der Waals surface area contributed by atoms with Crippen molar-refractivity contribution in [1.29, 1.82) is 0 Å². The molecule has 1 aromatic carbocycles. The van der Waals surface area contributed by atoms with Crippen LogP contribution in [0.1, 0.15) is 5.56 Å². The summed E-state index contributed by atoms with van der Waals surface area (Å²) in [5.41, 5.74) is 0.929. The Hall–Kier alpha value is -1.59. The van der Waals surface area contributed by atoms with Crippen LogP contribution in [0.5, 0.6) is 11.5 Å². The zero-order valence-corrected chi connectivity index (χ0v) is 11.2. The summed E-state index contributed by atoms with van der Waals surface area (Å²) >= 11 is 0. The summed E-state index contributed by atoms with van der Waals surface area (Å²) in [6.07, 6.45) is 1.42. The number of nitrogens with zero attached hydrogens (tertiary/aromatic N) is 1. The van der Waals surface area contributed by atoms with E-state index in [0.717, 1.165) is 5.56 Å². The lowest BCUT2D eigenvalue weighted by Crippen LogP contribution is -2.16. The van der Waals surface area contributed by atoms with E-state index in [4.69, 9.17) is 18.9 Å². The number of ether oxygens (including phenoxy) is 4. The second-order valence-corrected chi connectivity index (χ2v) is 3.51. The molecule has 0 spiro atoms. The first-order valence-electron chi connectivity index (χ1n) is 5.52. The summed E-state index contributed by atoms with van der Waals surface area (Å²) in [5.74, 6) is 1.37. The molecule has 18 heavy (non-hydrogen) atoms. The number of methoxy groups -OCH3 is 4. The largest absolute Gasteiger partial charge is 0.493 e. The standard InChI is InChI=1S/C13H19NO4/c1-15-11-6-5-10(7-12(11)16-2)8-14-9-13(17-3)18-4/h5-8,13H,9H2,1-4H3/b14-8-. The molecule has 0 aliphatic heterocycles. The molecule has 0 unspecified atom stereocenters. The van der Waals surface area contributed by atoms with E-state index in [-0.39, 0.29) is 6.29 Å². The first-order chi connectivity index (χ1) is 8.74. The van der Waals surface area contributed by atoms with E-state index in [1.54, 1.807) is 34.7 Å². The van der Waals surface area contributed by atoms with Gasteiger partial charge in [-0.3, -0.25) is 4.99 Å². The van der Waals surface area contributed by atoms with Crippen molar-refractivity contribution in [3.05, 3.63) is 23.8 Å². The molecule has 0 radical (unpaired) electrons. The fourth-order valence-corrected chi connectivity index (χ4v) is 1.42. The van der Waals surface area contributed by atoms with Gasteiger partial charge in [-0.2, -0.15) is 0 Å². The highest BCUT2D eigenvalue weighted by Gasteiger charge is 2.04. The Labute approximate surface area is 107 Å². The van der Waals surface area contributed by atoms with Crippen LogP contribution in [-0.4, -0.2) is 47.5 Å². The molecule has 0 fully saturated rings. The van der Waals surface area contributed by atoms with Gasteiger partial charge in [0.1, 0.15) is 0 Å². The van der Waals surface area contributed by atoms with Gasteiger partial charge in [0.25, 0.3) is 0 Å². The summed E-state index contributed by atoms with van der Waals surface area (Å²) in [5, 5.41) is 0. The fraction of sp³-hybridized carbons (Fsp3) is 0.462. The van der Waals surface area contributed by atoms with Crippen molar-refractivity contribution in [2.75, 3.05) is 35.0 Å². The zero-order valence-electron chi connectivity index (χ0n) is 11.2. The average molecular weight is 253 g/mol. The van der Waals surface area contributed by atoms with E-state index in [1.165, 1.54) is 0 Å². The van der Waals surface area contributed by atoms with Crippen molar-refractivity contribution in [3.8, 4) is 11.5 Å². The predicted molar refractivity (Wildman–Crippen MR) is 69.8 cm³/mol.